The minimum Gasteiger partial charge on any atom is -0.507 e. The van der Waals surface area contributed by atoms with E-state index in [1.165, 1.54) is 30.6 Å². The summed E-state index contributed by atoms with van der Waals surface area (Å²) in [4.78, 5) is 3.58. The van der Waals surface area contributed by atoms with E-state index < -0.39 is 0 Å². The second-order valence-corrected chi connectivity index (χ2v) is 6.77. The summed E-state index contributed by atoms with van der Waals surface area (Å²) in [6.45, 7) is 6.54. The summed E-state index contributed by atoms with van der Waals surface area (Å²) in [5, 5.41) is 12.4. The van der Waals surface area contributed by atoms with Crippen molar-refractivity contribution in [2.24, 2.45) is 0 Å². The Morgan fingerprint density at radius 2 is 1.78 bits per heavy atom. The van der Waals surface area contributed by atoms with Crippen molar-refractivity contribution in [1.29, 1.82) is 0 Å². The Balaban J connectivity index is 2.11. The van der Waals surface area contributed by atoms with E-state index in [2.05, 4.69) is 36.3 Å². The minimum absolute atomic E-state index is 0.355. The summed E-state index contributed by atoms with van der Waals surface area (Å²) < 4.78 is 0. The van der Waals surface area contributed by atoms with Gasteiger partial charge in [0.25, 0.3) is 0 Å². The average molecular weight is 330 g/mol. The molecule has 0 fully saturated rings. The van der Waals surface area contributed by atoms with Crippen molar-refractivity contribution in [3.63, 3.8) is 0 Å². The highest BCUT2D eigenvalue weighted by atomic mass is 32.1. The van der Waals surface area contributed by atoms with Gasteiger partial charge in [0.2, 0.25) is 0 Å². The molecule has 0 radical (unpaired) electrons. The highest BCUT2D eigenvalue weighted by Gasteiger charge is 2.08. The number of hydrogen-bond donors (Lipinski definition) is 1. The van der Waals surface area contributed by atoms with E-state index in [9.17, 15) is 5.11 Å². The van der Waals surface area contributed by atoms with Gasteiger partial charge in [-0.2, -0.15) is 0 Å². The van der Waals surface area contributed by atoms with E-state index >= 15 is 0 Å². The molecular weight excluding hydrogens is 302 g/mol. The van der Waals surface area contributed by atoms with E-state index in [0.29, 0.717) is 5.75 Å². The smallest absolute Gasteiger partial charge is 0.124 e. The first kappa shape index (κ1) is 17.6. The molecule has 2 aromatic rings. The van der Waals surface area contributed by atoms with Crippen LogP contribution in [0, 0.1) is 0 Å². The highest BCUT2D eigenvalue weighted by molar-refractivity contribution is 7.10. The first-order valence-corrected chi connectivity index (χ1v) is 9.42. The number of rotatable bonds is 9. The van der Waals surface area contributed by atoms with Gasteiger partial charge in [0.15, 0.2) is 0 Å². The quantitative estimate of drug-likeness (QED) is 0.607. The summed E-state index contributed by atoms with van der Waals surface area (Å²) >= 11 is 1.70. The normalized spacial score (nSPS) is 11.2. The summed E-state index contributed by atoms with van der Waals surface area (Å²) in [6.07, 6.45) is 8.78. The molecule has 0 spiro atoms. The van der Waals surface area contributed by atoms with Gasteiger partial charge in [-0.05, 0) is 48.6 Å². The van der Waals surface area contributed by atoms with Crippen molar-refractivity contribution in [3.05, 3.63) is 46.2 Å². The lowest BCUT2D eigenvalue weighted by atomic mass is 10.1. The molecule has 0 bridgehead atoms. The Labute approximate surface area is 144 Å². The molecule has 23 heavy (non-hydrogen) atoms. The predicted octanol–water partition coefficient (Wildman–Crippen LogP) is 6.03. The molecule has 2 rings (SSSR count). The number of thiophene rings is 1. The number of phenols is 1. The zero-order valence-electron chi connectivity index (χ0n) is 14.2. The van der Waals surface area contributed by atoms with Crippen molar-refractivity contribution in [2.75, 3.05) is 18.0 Å². The van der Waals surface area contributed by atoms with Crippen molar-refractivity contribution >= 4 is 29.2 Å². The lowest BCUT2D eigenvalue weighted by Crippen LogP contribution is -2.25. The van der Waals surface area contributed by atoms with E-state index in [4.69, 9.17) is 0 Å². The summed E-state index contributed by atoms with van der Waals surface area (Å²) in [6, 6.07) is 10.1. The Morgan fingerprint density at radius 1 is 1.04 bits per heavy atom. The van der Waals surface area contributed by atoms with Crippen LogP contribution in [0.3, 0.4) is 0 Å². The van der Waals surface area contributed by atoms with Gasteiger partial charge in [-0.3, -0.25) is 0 Å². The number of anilines is 1. The average Bonchev–Trinajstić information content (AvgIpc) is 3.07. The maximum absolute atomic E-state index is 10.3. The van der Waals surface area contributed by atoms with Crippen LogP contribution in [0.5, 0.6) is 5.75 Å². The number of aromatic hydroxyl groups is 1. The fourth-order valence-corrected chi connectivity index (χ4v) is 3.11. The van der Waals surface area contributed by atoms with Crippen LogP contribution in [0.2, 0.25) is 0 Å². The number of nitrogens with zero attached hydrogens (tertiary/aromatic N) is 1. The van der Waals surface area contributed by atoms with Crippen molar-refractivity contribution in [1.82, 2.24) is 0 Å². The van der Waals surface area contributed by atoms with Gasteiger partial charge in [-0.1, -0.05) is 32.8 Å². The number of unbranched alkanes of at least 4 members (excludes halogenated alkanes) is 2. The van der Waals surface area contributed by atoms with Crippen LogP contribution in [0.25, 0.3) is 12.2 Å². The van der Waals surface area contributed by atoms with Crippen molar-refractivity contribution < 1.29 is 5.11 Å². The maximum Gasteiger partial charge on any atom is 0.124 e. The molecule has 1 N–H and O–H groups in total. The molecule has 0 aliphatic heterocycles. The third-order valence-corrected chi connectivity index (χ3v) is 4.75. The molecule has 0 aliphatic rings. The van der Waals surface area contributed by atoms with Gasteiger partial charge in [-0.25, -0.2) is 0 Å². The van der Waals surface area contributed by atoms with Crippen LogP contribution >= 0.6 is 11.3 Å². The minimum atomic E-state index is 0.355. The SMILES string of the molecule is CCCCN(CCCC)c1ccc(/C=C/c2cccs2)c(O)c1. The fraction of sp³-hybridized carbons (Fsp3) is 0.400. The fourth-order valence-electron chi connectivity index (χ4n) is 2.50. The zero-order chi connectivity index (χ0) is 16.5. The standard InChI is InChI=1S/C20H27NOS/c1-3-5-13-21(14-6-4-2)18-11-9-17(20(22)16-18)10-12-19-8-7-15-23-19/h7-12,15-16,22H,3-6,13-14H2,1-2H3/b12-10+. The summed E-state index contributed by atoms with van der Waals surface area (Å²) in [5.74, 6) is 0.355. The Hall–Kier alpha value is -1.74. The molecule has 0 aliphatic carbocycles. The zero-order valence-corrected chi connectivity index (χ0v) is 15.0. The second kappa shape index (κ2) is 9.41. The van der Waals surface area contributed by atoms with Crippen LogP contribution in [-0.4, -0.2) is 18.2 Å². The van der Waals surface area contributed by atoms with Gasteiger partial charge in [-0.15, -0.1) is 11.3 Å². The lowest BCUT2D eigenvalue weighted by Gasteiger charge is -2.25. The van der Waals surface area contributed by atoms with Gasteiger partial charge >= 0.3 is 0 Å². The second-order valence-electron chi connectivity index (χ2n) is 5.79. The van der Waals surface area contributed by atoms with Gasteiger partial charge in [0.05, 0.1) is 0 Å². The number of hydrogen-bond acceptors (Lipinski definition) is 3. The predicted molar refractivity (Wildman–Crippen MR) is 103 cm³/mol. The van der Waals surface area contributed by atoms with Crippen molar-refractivity contribution in [3.8, 4) is 5.75 Å². The molecule has 1 aromatic heterocycles. The maximum atomic E-state index is 10.3. The van der Waals surface area contributed by atoms with E-state index in [1.54, 1.807) is 11.3 Å². The molecule has 124 valence electrons. The molecule has 3 heteroatoms. The molecule has 1 aromatic carbocycles. The summed E-state index contributed by atoms with van der Waals surface area (Å²) in [5.41, 5.74) is 1.99. The molecule has 2 nitrogen and oxygen atoms in total. The first-order chi connectivity index (χ1) is 11.2. The summed E-state index contributed by atoms with van der Waals surface area (Å²) in [7, 11) is 0. The highest BCUT2D eigenvalue weighted by Crippen LogP contribution is 2.27. The van der Waals surface area contributed by atoms with Gasteiger partial charge in [0.1, 0.15) is 5.75 Å². The number of phenolic OH excluding ortho intramolecular Hbond substituents is 1. The van der Waals surface area contributed by atoms with Crippen LogP contribution in [0.1, 0.15) is 50.0 Å². The third-order valence-electron chi connectivity index (χ3n) is 3.91. The first-order valence-electron chi connectivity index (χ1n) is 8.54. The molecular formula is C20H27NOS. The molecule has 1 heterocycles. The van der Waals surface area contributed by atoms with E-state index in [-0.39, 0.29) is 0 Å². The third kappa shape index (κ3) is 5.43. The lowest BCUT2D eigenvalue weighted by molar-refractivity contribution is 0.474. The van der Waals surface area contributed by atoms with Crippen LogP contribution < -0.4 is 4.90 Å². The topological polar surface area (TPSA) is 23.5 Å². The Morgan fingerprint density at radius 3 is 2.35 bits per heavy atom. The van der Waals surface area contributed by atoms with Crippen LogP contribution in [0.4, 0.5) is 5.69 Å². The monoisotopic (exact) mass is 329 g/mol. The van der Waals surface area contributed by atoms with E-state index in [1.807, 2.05) is 30.4 Å². The largest absolute Gasteiger partial charge is 0.507 e. The molecule has 0 amide bonds. The molecule has 0 atom stereocenters. The van der Waals surface area contributed by atoms with Gasteiger partial charge in [0, 0.05) is 35.3 Å². The Bertz CT molecular complexity index is 596. The van der Waals surface area contributed by atoms with Crippen molar-refractivity contribution in [2.45, 2.75) is 39.5 Å². The molecule has 0 saturated heterocycles. The van der Waals surface area contributed by atoms with Gasteiger partial charge < -0.3 is 10.0 Å². The number of benzene rings is 1. The molecule has 0 saturated carbocycles. The Kier molecular flexibility index (Phi) is 7.21. The van der Waals surface area contributed by atoms with Crippen LogP contribution in [-0.2, 0) is 0 Å². The van der Waals surface area contributed by atoms with Crippen LogP contribution in [0.15, 0.2) is 35.7 Å². The molecule has 0 unspecified atom stereocenters. The van der Waals surface area contributed by atoms with E-state index in [0.717, 1.165) is 24.3 Å².